The molecule has 0 atom stereocenters. The zero-order chi connectivity index (χ0) is 19.5. The van der Waals surface area contributed by atoms with Gasteiger partial charge in [0.2, 0.25) is 0 Å². The van der Waals surface area contributed by atoms with Crippen LogP contribution in [0.25, 0.3) is 33.1 Å². The first-order valence-electron chi connectivity index (χ1n) is 10.0. The monoisotopic (exact) mass is 373 g/mol. The van der Waals surface area contributed by atoms with Gasteiger partial charge in [0, 0.05) is 28.0 Å². The lowest BCUT2D eigenvalue weighted by Crippen LogP contribution is -1.99. The summed E-state index contributed by atoms with van der Waals surface area (Å²) >= 11 is 0. The van der Waals surface area contributed by atoms with Crippen LogP contribution in [-0.2, 0) is 6.42 Å². The number of H-pyrrole nitrogens is 1. The fourth-order valence-corrected chi connectivity index (χ4v) is 3.93. The van der Waals surface area contributed by atoms with E-state index in [4.69, 9.17) is 10.5 Å². The quantitative estimate of drug-likeness (QED) is 0.428. The molecule has 0 spiro atoms. The molecule has 0 saturated heterocycles. The minimum Gasteiger partial charge on any atom is -0.492 e. The second kappa shape index (κ2) is 8.03. The first kappa shape index (κ1) is 18.5. The third kappa shape index (κ3) is 3.36. The van der Waals surface area contributed by atoms with E-state index >= 15 is 0 Å². The van der Waals surface area contributed by atoms with E-state index in [1.54, 1.807) is 0 Å². The third-order valence-electron chi connectivity index (χ3n) is 5.24. The number of aryl methyl sites for hydroxylation is 2. The lowest BCUT2D eigenvalue weighted by molar-refractivity contribution is 0.343. The maximum atomic E-state index is 5.81. The molecule has 0 saturated carbocycles. The van der Waals surface area contributed by atoms with Crippen LogP contribution >= 0.6 is 0 Å². The lowest BCUT2D eigenvalue weighted by Gasteiger charge is -2.12. The highest BCUT2D eigenvalue weighted by Crippen LogP contribution is 2.38. The maximum absolute atomic E-state index is 5.81. The number of benzene rings is 2. The van der Waals surface area contributed by atoms with Crippen LogP contribution in [-0.4, -0.2) is 23.1 Å². The molecule has 0 aliphatic carbocycles. The van der Waals surface area contributed by atoms with Crippen molar-refractivity contribution in [2.45, 2.75) is 33.1 Å². The molecule has 144 valence electrons. The second-order valence-corrected chi connectivity index (χ2v) is 7.22. The molecule has 0 aliphatic rings. The van der Waals surface area contributed by atoms with Crippen LogP contribution in [0.1, 0.15) is 30.9 Å². The molecule has 2 aromatic carbocycles. The highest BCUT2D eigenvalue weighted by atomic mass is 16.5. The van der Waals surface area contributed by atoms with E-state index in [0.29, 0.717) is 6.61 Å². The van der Waals surface area contributed by atoms with Crippen LogP contribution in [0.15, 0.2) is 48.7 Å². The van der Waals surface area contributed by atoms with Gasteiger partial charge in [0.1, 0.15) is 11.3 Å². The smallest absolute Gasteiger partial charge is 0.145 e. The number of unbranched alkanes of at least 4 members (excludes halogenated alkanes) is 1. The van der Waals surface area contributed by atoms with Crippen molar-refractivity contribution in [3.05, 3.63) is 59.8 Å². The number of fused-ring (bicyclic) bond motifs is 2. The molecule has 0 unspecified atom stereocenters. The van der Waals surface area contributed by atoms with Gasteiger partial charge in [-0.05, 0) is 75.5 Å². The Morgan fingerprint density at radius 3 is 2.79 bits per heavy atom. The van der Waals surface area contributed by atoms with Gasteiger partial charge in [-0.15, -0.1) is 0 Å². The first-order valence-corrected chi connectivity index (χ1v) is 10.0. The zero-order valence-electron chi connectivity index (χ0n) is 16.6. The van der Waals surface area contributed by atoms with Crippen molar-refractivity contribution >= 4 is 21.8 Å². The number of pyridine rings is 1. The van der Waals surface area contributed by atoms with Crippen molar-refractivity contribution in [1.29, 1.82) is 0 Å². The molecule has 4 rings (SSSR count). The summed E-state index contributed by atoms with van der Waals surface area (Å²) in [5.41, 5.74) is 12.8. The predicted octanol–water partition coefficient (Wildman–Crippen LogP) is 5.37. The molecule has 4 heteroatoms. The Hall–Kier alpha value is -2.85. The largest absolute Gasteiger partial charge is 0.492 e. The number of nitrogens with zero attached hydrogens (tertiary/aromatic N) is 1. The average molecular weight is 374 g/mol. The Labute approximate surface area is 165 Å². The highest BCUT2D eigenvalue weighted by molar-refractivity contribution is 6.01. The van der Waals surface area contributed by atoms with E-state index in [1.165, 1.54) is 33.3 Å². The van der Waals surface area contributed by atoms with Gasteiger partial charge in [-0.2, -0.15) is 0 Å². The van der Waals surface area contributed by atoms with Crippen LogP contribution in [0.4, 0.5) is 0 Å². The Balaban J connectivity index is 1.93. The zero-order valence-corrected chi connectivity index (χ0v) is 16.6. The number of hydrogen-bond donors (Lipinski definition) is 2. The Morgan fingerprint density at radius 2 is 1.96 bits per heavy atom. The molecule has 4 nitrogen and oxygen atoms in total. The van der Waals surface area contributed by atoms with Crippen molar-refractivity contribution in [3.63, 3.8) is 0 Å². The number of hydrogen-bond acceptors (Lipinski definition) is 3. The fraction of sp³-hybridized carbons (Fsp3) is 0.292. The maximum Gasteiger partial charge on any atom is 0.145 e. The van der Waals surface area contributed by atoms with Gasteiger partial charge in [-0.1, -0.05) is 17.7 Å². The second-order valence-electron chi connectivity index (χ2n) is 7.22. The Bertz CT molecular complexity index is 1110. The summed E-state index contributed by atoms with van der Waals surface area (Å²) in [5.74, 6) is 0.832. The van der Waals surface area contributed by atoms with Gasteiger partial charge in [0.25, 0.3) is 0 Å². The van der Waals surface area contributed by atoms with E-state index in [-0.39, 0.29) is 0 Å². The van der Waals surface area contributed by atoms with Crippen molar-refractivity contribution in [2.75, 3.05) is 13.2 Å². The first-order chi connectivity index (χ1) is 13.7. The molecule has 3 N–H and O–H groups in total. The van der Waals surface area contributed by atoms with Crippen LogP contribution in [0, 0.1) is 6.92 Å². The Kier molecular flexibility index (Phi) is 5.31. The minimum absolute atomic E-state index is 0.626. The molecule has 0 bridgehead atoms. The molecular weight excluding hydrogens is 346 g/mol. The number of rotatable bonds is 7. The molecule has 2 heterocycles. The number of ether oxygens (including phenoxy) is 1. The molecule has 0 amide bonds. The topological polar surface area (TPSA) is 63.9 Å². The molecule has 0 aliphatic heterocycles. The van der Waals surface area contributed by atoms with Gasteiger partial charge in [-0.3, -0.25) is 4.98 Å². The number of aromatic amines is 1. The van der Waals surface area contributed by atoms with Gasteiger partial charge in [0.05, 0.1) is 12.3 Å². The molecule has 2 aromatic heterocycles. The van der Waals surface area contributed by atoms with Crippen LogP contribution in [0.3, 0.4) is 0 Å². The molecule has 4 aromatic rings. The van der Waals surface area contributed by atoms with Crippen molar-refractivity contribution in [2.24, 2.45) is 5.73 Å². The number of nitrogens with one attached hydrogen (secondary N) is 1. The average Bonchev–Trinajstić information content (AvgIpc) is 3.06. The van der Waals surface area contributed by atoms with Gasteiger partial charge in [0.15, 0.2) is 0 Å². The van der Waals surface area contributed by atoms with Crippen molar-refractivity contribution < 1.29 is 4.74 Å². The minimum atomic E-state index is 0.626. The summed E-state index contributed by atoms with van der Waals surface area (Å²) in [5, 5.41) is 2.41. The van der Waals surface area contributed by atoms with Crippen molar-refractivity contribution in [3.8, 4) is 17.0 Å². The van der Waals surface area contributed by atoms with Crippen LogP contribution in [0.2, 0.25) is 0 Å². The molecule has 28 heavy (non-hydrogen) atoms. The van der Waals surface area contributed by atoms with E-state index in [2.05, 4.69) is 47.2 Å². The SMILES string of the molecule is CCOc1ccc(-c2[nH]c3ccc(C)cc3c2CCCCN)c2cccnc12. The van der Waals surface area contributed by atoms with Crippen LogP contribution < -0.4 is 10.5 Å². The summed E-state index contributed by atoms with van der Waals surface area (Å²) < 4.78 is 5.81. The van der Waals surface area contributed by atoms with E-state index in [9.17, 15) is 0 Å². The summed E-state index contributed by atoms with van der Waals surface area (Å²) in [6, 6.07) is 14.9. The van der Waals surface area contributed by atoms with E-state index < -0.39 is 0 Å². The fourth-order valence-electron chi connectivity index (χ4n) is 3.93. The third-order valence-corrected chi connectivity index (χ3v) is 5.24. The highest BCUT2D eigenvalue weighted by Gasteiger charge is 2.17. The summed E-state index contributed by atoms with van der Waals surface area (Å²) in [6.45, 7) is 5.50. The molecule has 0 fully saturated rings. The van der Waals surface area contributed by atoms with E-state index in [0.717, 1.165) is 42.5 Å². The van der Waals surface area contributed by atoms with Gasteiger partial charge in [-0.25, -0.2) is 0 Å². The Morgan fingerprint density at radius 1 is 1.07 bits per heavy atom. The van der Waals surface area contributed by atoms with Gasteiger partial charge < -0.3 is 15.5 Å². The summed E-state index contributed by atoms with van der Waals surface area (Å²) in [6.07, 6.45) is 4.94. The summed E-state index contributed by atoms with van der Waals surface area (Å²) in [7, 11) is 0. The predicted molar refractivity (Wildman–Crippen MR) is 117 cm³/mol. The molecule has 0 radical (unpaired) electrons. The lowest BCUT2D eigenvalue weighted by atomic mass is 9.97. The normalized spacial score (nSPS) is 11.4. The number of nitrogens with two attached hydrogens (primary N) is 1. The van der Waals surface area contributed by atoms with E-state index in [1.807, 2.05) is 25.3 Å². The summed E-state index contributed by atoms with van der Waals surface area (Å²) in [4.78, 5) is 8.28. The number of aromatic nitrogens is 2. The standard InChI is InChI=1S/C24H27N3O/c1-3-28-22-12-10-19(17-8-6-14-26-24(17)22)23-18(7-4-5-13-25)20-15-16(2)9-11-21(20)27-23/h6,8-12,14-15,27H,3-5,7,13,25H2,1-2H3. The van der Waals surface area contributed by atoms with Gasteiger partial charge >= 0.3 is 0 Å². The van der Waals surface area contributed by atoms with Crippen LogP contribution in [0.5, 0.6) is 5.75 Å². The molecular formula is C24H27N3O. The van der Waals surface area contributed by atoms with Crippen molar-refractivity contribution in [1.82, 2.24) is 9.97 Å².